The van der Waals surface area contributed by atoms with Crippen molar-refractivity contribution >= 4 is 40.7 Å². The highest BCUT2D eigenvalue weighted by atomic mass is 35.5. The van der Waals surface area contributed by atoms with Crippen molar-refractivity contribution in [3.8, 4) is 0 Å². The first-order valence-corrected chi connectivity index (χ1v) is 5.76. The zero-order valence-electron chi connectivity index (χ0n) is 7.28. The Morgan fingerprint density at radius 2 is 2.50 bits per heavy atom. The van der Waals surface area contributed by atoms with Gasteiger partial charge in [-0.3, -0.25) is 0 Å². The monoisotopic (exact) mass is 253 g/mol. The number of carbonyl (C=O) groups is 1. The van der Waals surface area contributed by atoms with Crippen molar-refractivity contribution in [2.24, 2.45) is 0 Å². The second-order valence-corrected chi connectivity index (χ2v) is 4.31. The fourth-order valence-electron chi connectivity index (χ4n) is 0.749. The van der Waals surface area contributed by atoms with Crippen molar-refractivity contribution in [1.82, 2.24) is 4.37 Å². The Bertz CT molecular complexity index is 279. The molecule has 0 saturated carbocycles. The van der Waals surface area contributed by atoms with E-state index in [0.717, 1.165) is 11.5 Å². The topological polar surface area (TPSA) is 39.2 Å². The number of ether oxygens (including phenoxy) is 1. The fraction of sp³-hybridized carbons (Fsp3) is 0.500. The van der Waals surface area contributed by atoms with Crippen molar-refractivity contribution < 1.29 is 9.53 Å². The lowest BCUT2D eigenvalue weighted by Crippen LogP contribution is -2.10. The predicted molar refractivity (Wildman–Crippen MR) is 57.4 cm³/mol. The molecule has 0 aliphatic rings. The molecule has 3 nitrogen and oxygen atoms in total. The summed E-state index contributed by atoms with van der Waals surface area (Å²) in [5, 5.41) is -0.147. The lowest BCUT2D eigenvalue weighted by atomic mass is 10.3. The predicted octanol–water partition coefficient (Wildman–Crippen LogP) is 2.54. The maximum Gasteiger partial charge on any atom is 0.349 e. The first-order chi connectivity index (χ1) is 6.74. The van der Waals surface area contributed by atoms with Crippen LogP contribution in [-0.4, -0.2) is 28.2 Å². The molecule has 1 aromatic rings. The van der Waals surface area contributed by atoms with Gasteiger partial charge in [-0.05, 0) is 24.0 Å². The molecule has 1 heterocycles. The number of nitrogens with zero attached hydrogens (tertiary/aromatic N) is 1. The van der Waals surface area contributed by atoms with E-state index in [2.05, 4.69) is 4.37 Å². The second kappa shape index (κ2) is 6.22. The second-order valence-electron chi connectivity index (χ2n) is 2.55. The van der Waals surface area contributed by atoms with Crippen LogP contribution >= 0.6 is 34.7 Å². The first-order valence-electron chi connectivity index (χ1n) is 4.02. The first kappa shape index (κ1) is 11.8. The van der Waals surface area contributed by atoms with Crippen LogP contribution in [0.15, 0.2) is 12.3 Å². The van der Waals surface area contributed by atoms with Crippen LogP contribution < -0.4 is 0 Å². The molecular formula is C8H9Cl2NO2S. The molecule has 78 valence electrons. The summed E-state index contributed by atoms with van der Waals surface area (Å²) >= 11 is 12.3. The largest absolute Gasteiger partial charge is 0.461 e. The summed E-state index contributed by atoms with van der Waals surface area (Å²) in [5.41, 5.74) is 0. The molecule has 6 heteroatoms. The molecule has 0 N–H and O–H groups in total. The molecule has 1 unspecified atom stereocenters. The minimum Gasteiger partial charge on any atom is -0.461 e. The quantitative estimate of drug-likeness (QED) is 0.598. The Balaban J connectivity index is 2.23. The van der Waals surface area contributed by atoms with Gasteiger partial charge in [0.25, 0.3) is 0 Å². The molecule has 1 rings (SSSR count). The number of hydrogen-bond donors (Lipinski definition) is 0. The third-order valence-corrected chi connectivity index (χ3v) is 3.10. The van der Waals surface area contributed by atoms with Crippen LogP contribution in [0.1, 0.15) is 16.1 Å². The highest BCUT2D eigenvalue weighted by molar-refractivity contribution is 7.07. The van der Waals surface area contributed by atoms with Gasteiger partial charge in [-0.25, -0.2) is 9.17 Å². The standard InChI is InChI=1S/C8H9Cl2NO2S/c9-5-6(10)2-4-13-8(12)7-1-3-11-14-7/h1,3,6H,2,4-5H2. The van der Waals surface area contributed by atoms with E-state index in [-0.39, 0.29) is 18.0 Å². The van der Waals surface area contributed by atoms with E-state index in [1.165, 1.54) is 0 Å². The Labute approximate surface area is 96.1 Å². The number of esters is 1. The van der Waals surface area contributed by atoms with Crippen LogP contribution in [0.5, 0.6) is 0 Å². The maximum absolute atomic E-state index is 11.2. The maximum atomic E-state index is 11.2. The Morgan fingerprint density at radius 3 is 3.07 bits per heavy atom. The van der Waals surface area contributed by atoms with E-state index >= 15 is 0 Å². The minimum atomic E-state index is -0.356. The molecule has 0 bridgehead atoms. The average Bonchev–Trinajstić information content (AvgIpc) is 2.70. The molecule has 0 radical (unpaired) electrons. The van der Waals surface area contributed by atoms with Gasteiger partial charge in [0, 0.05) is 12.1 Å². The van der Waals surface area contributed by atoms with Gasteiger partial charge in [-0.15, -0.1) is 23.2 Å². The molecular weight excluding hydrogens is 245 g/mol. The van der Waals surface area contributed by atoms with Gasteiger partial charge in [0.1, 0.15) is 4.88 Å². The van der Waals surface area contributed by atoms with E-state index in [4.69, 9.17) is 27.9 Å². The van der Waals surface area contributed by atoms with Gasteiger partial charge in [-0.2, -0.15) is 0 Å². The molecule has 0 aliphatic carbocycles. The minimum absolute atomic E-state index is 0.147. The number of alkyl halides is 2. The van der Waals surface area contributed by atoms with Gasteiger partial charge in [0.05, 0.1) is 12.0 Å². The lowest BCUT2D eigenvalue weighted by molar-refractivity contribution is 0.0506. The molecule has 1 aromatic heterocycles. The van der Waals surface area contributed by atoms with Gasteiger partial charge in [-0.1, -0.05) is 0 Å². The summed E-state index contributed by atoms with van der Waals surface area (Å²) in [5.74, 6) is 0.00517. The van der Waals surface area contributed by atoms with Crippen LogP contribution in [0, 0.1) is 0 Å². The molecule has 0 saturated heterocycles. The Kier molecular flexibility index (Phi) is 5.22. The molecule has 14 heavy (non-hydrogen) atoms. The smallest absolute Gasteiger partial charge is 0.349 e. The van der Waals surface area contributed by atoms with Crippen molar-refractivity contribution in [1.29, 1.82) is 0 Å². The zero-order chi connectivity index (χ0) is 10.4. The van der Waals surface area contributed by atoms with Crippen LogP contribution in [-0.2, 0) is 4.74 Å². The summed E-state index contributed by atoms with van der Waals surface area (Å²) in [7, 11) is 0. The number of halogens is 2. The van der Waals surface area contributed by atoms with Crippen molar-refractivity contribution in [2.45, 2.75) is 11.8 Å². The summed E-state index contributed by atoms with van der Waals surface area (Å²) < 4.78 is 8.74. The zero-order valence-corrected chi connectivity index (χ0v) is 9.61. The summed E-state index contributed by atoms with van der Waals surface area (Å²) in [4.78, 5) is 11.7. The molecule has 0 aromatic carbocycles. The highest BCUT2D eigenvalue weighted by Crippen LogP contribution is 2.08. The van der Waals surface area contributed by atoms with E-state index in [1.807, 2.05) is 0 Å². The lowest BCUT2D eigenvalue weighted by Gasteiger charge is -2.05. The highest BCUT2D eigenvalue weighted by Gasteiger charge is 2.09. The van der Waals surface area contributed by atoms with Crippen LogP contribution in [0.4, 0.5) is 0 Å². The van der Waals surface area contributed by atoms with Gasteiger partial charge in [0.2, 0.25) is 0 Å². The van der Waals surface area contributed by atoms with Gasteiger partial charge >= 0.3 is 5.97 Å². The molecule has 1 atom stereocenters. The van der Waals surface area contributed by atoms with Crippen LogP contribution in [0.25, 0.3) is 0 Å². The van der Waals surface area contributed by atoms with E-state index in [0.29, 0.717) is 17.2 Å². The van der Waals surface area contributed by atoms with E-state index in [1.54, 1.807) is 12.3 Å². The van der Waals surface area contributed by atoms with Gasteiger partial charge < -0.3 is 4.74 Å². The molecule has 0 spiro atoms. The summed E-state index contributed by atoms with van der Waals surface area (Å²) in [6, 6.07) is 1.62. The number of hydrogen-bond acceptors (Lipinski definition) is 4. The Hall–Kier alpha value is -0.320. The van der Waals surface area contributed by atoms with E-state index < -0.39 is 0 Å². The molecule has 0 aliphatic heterocycles. The van der Waals surface area contributed by atoms with Crippen LogP contribution in [0.3, 0.4) is 0 Å². The molecule has 0 fully saturated rings. The normalized spacial score (nSPS) is 12.4. The SMILES string of the molecule is O=C(OCCC(Cl)CCl)c1ccns1. The van der Waals surface area contributed by atoms with Gasteiger partial charge in [0.15, 0.2) is 0 Å². The van der Waals surface area contributed by atoms with Crippen molar-refractivity contribution in [2.75, 3.05) is 12.5 Å². The number of aromatic nitrogens is 1. The third-order valence-electron chi connectivity index (χ3n) is 1.47. The average molecular weight is 254 g/mol. The molecule has 0 amide bonds. The number of rotatable bonds is 5. The third kappa shape index (κ3) is 3.82. The Morgan fingerprint density at radius 1 is 1.71 bits per heavy atom. The van der Waals surface area contributed by atoms with Crippen molar-refractivity contribution in [3.63, 3.8) is 0 Å². The number of carbonyl (C=O) groups excluding carboxylic acids is 1. The van der Waals surface area contributed by atoms with Crippen LogP contribution in [0.2, 0.25) is 0 Å². The fourth-order valence-corrected chi connectivity index (χ4v) is 1.48. The summed E-state index contributed by atoms with van der Waals surface area (Å²) in [6.45, 7) is 0.289. The summed E-state index contributed by atoms with van der Waals surface area (Å²) in [6.07, 6.45) is 2.12. The van der Waals surface area contributed by atoms with Crippen molar-refractivity contribution in [3.05, 3.63) is 17.1 Å². The van der Waals surface area contributed by atoms with E-state index in [9.17, 15) is 4.79 Å².